The number of fused-ring (bicyclic) bond motifs is 1. The predicted molar refractivity (Wildman–Crippen MR) is 134 cm³/mol. The fourth-order valence-electron chi connectivity index (χ4n) is 4.54. The zero-order valence-electron chi connectivity index (χ0n) is 19.1. The molecule has 2 saturated heterocycles. The number of rotatable bonds is 6. The third-order valence-corrected chi connectivity index (χ3v) is 8.03. The number of nitrogens with zero attached hydrogens (tertiary/aromatic N) is 4. The molecule has 2 fully saturated rings. The molecular weight excluding hydrogens is 474 g/mol. The molecular formula is C23H29N5O4S2. The average molecular weight is 504 g/mol. The maximum atomic E-state index is 11.5. The number of thiophene rings is 1. The topological polar surface area (TPSA) is 108 Å². The van der Waals surface area contributed by atoms with Crippen LogP contribution < -0.4 is 9.62 Å². The van der Waals surface area contributed by atoms with Crippen LogP contribution in [0.15, 0.2) is 30.3 Å². The van der Waals surface area contributed by atoms with E-state index in [2.05, 4.69) is 20.6 Å². The summed E-state index contributed by atoms with van der Waals surface area (Å²) in [5.41, 5.74) is 1.69. The molecule has 11 heteroatoms. The number of aromatic hydroxyl groups is 1. The molecule has 0 amide bonds. The fraction of sp³-hybridized carbons (Fsp3) is 0.478. The Morgan fingerprint density at radius 3 is 2.62 bits per heavy atom. The van der Waals surface area contributed by atoms with Crippen LogP contribution in [0.2, 0.25) is 0 Å². The molecule has 2 aliphatic rings. The summed E-state index contributed by atoms with van der Waals surface area (Å²) in [7, 11) is -3.17. The number of phenolic OH excluding ortho intramolecular Hbond substituents is 1. The molecule has 182 valence electrons. The van der Waals surface area contributed by atoms with E-state index >= 15 is 0 Å². The van der Waals surface area contributed by atoms with Gasteiger partial charge in [-0.25, -0.2) is 23.1 Å². The van der Waals surface area contributed by atoms with Crippen molar-refractivity contribution in [2.24, 2.45) is 0 Å². The monoisotopic (exact) mass is 503 g/mol. The van der Waals surface area contributed by atoms with Crippen molar-refractivity contribution in [3.8, 4) is 17.1 Å². The normalized spacial score (nSPS) is 18.6. The Morgan fingerprint density at radius 2 is 1.91 bits per heavy atom. The SMILES string of the molecule is CS(=O)(=O)NC1CCN(Cc2cc3nc(-c4cccc(O)c4)nc(N4CCOCC4)c3s2)CC1. The molecule has 5 rings (SSSR count). The molecule has 0 radical (unpaired) electrons. The lowest BCUT2D eigenvalue weighted by molar-refractivity contribution is 0.122. The van der Waals surface area contributed by atoms with E-state index in [1.54, 1.807) is 29.5 Å². The Bertz CT molecular complexity index is 1270. The Kier molecular flexibility index (Phi) is 6.72. The van der Waals surface area contributed by atoms with E-state index in [0.717, 1.165) is 67.2 Å². The zero-order valence-corrected chi connectivity index (χ0v) is 20.7. The number of piperidine rings is 1. The predicted octanol–water partition coefficient (Wildman–Crippen LogP) is 2.41. The van der Waals surface area contributed by atoms with Gasteiger partial charge in [-0.1, -0.05) is 12.1 Å². The number of morpholine rings is 1. The van der Waals surface area contributed by atoms with Crippen molar-refractivity contribution in [3.63, 3.8) is 0 Å². The van der Waals surface area contributed by atoms with E-state index in [0.29, 0.717) is 19.0 Å². The van der Waals surface area contributed by atoms with Crippen LogP contribution in [0.25, 0.3) is 21.6 Å². The Balaban J connectivity index is 1.41. The largest absolute Gasteiger partial charge is 0.508 e. The second-order valence-electron chi connectivity index (χ2n) is 8.89. The van der Waals surface area contributed by atoms with Crippen LogP contribution in [0.1, 0.15) is 17.7 Å². The number of likely N-dealkylation sites (tertiary alicyclic amines) is 1. The van der Waals surface area contributed by atoms with Gasteiger partial charge in [0, 0.05) is 49.2 Å². The summed E-state index contributed by atoms with van der Waals surface area (Å²) >= 11 is 1.72. The maximum absolute atomic E-state index is 11.5. The van der Waals surface area contributed by atoms with Crippen molar-refractivity contribution < 1.29 is 18.3 Å². The minimum absolute atomic E-state index is 0.0114. The van der Waals surface area contributed by atoms with Crippen LogP contribution in [0.5, 0.6) is 5.75 Å². The first-order valence-electron chi connectivity index (χ1n) is 11.5. The van der Waals surface area contributed by atoms with Crippen molar-refractivity contribution in [1.82, 2.24) is 19.6 Å². The molecule has 4 heterocycles. The van der Waals surface area contributed by atoms with Gasteiger partial charge < -0.3 is 14.7 Å². The summed E-state index contributed by atoms with van der Waals surface area (Å²) in [5, 5.41) is 9.95. The van der Waals surface area contributed by atoms with E-state index < -0.39 is 10.0 Å². The molecule has 0 bridgehead atoms. The first-order chi connectivity index (χ1) is 16.3. The van der Waals surface area contributed by atoms with Gasteiger partial charge in [-0.15, -0.1) is 11.3 Å². The second-order valence-corrected chi connectivity index (χ2v) is 11.8. The van der Waals surface area contributed by atoms with E-state index in [1.807, 2.05) is 6.07 Å². The van der Waals surface area contributed by atoms with Gasteiger partial charge in [0.1, 0.15) is 5.75 Å². The molecule has 34 heavy (non-hydrogen) atoms. The molecule has 0 spiro atoms. The third-order valence-electron chi connectivity index (χ3n) is 6.17. The molecule has 9 nitrogen and oxygen atoms in total. The molecule has 2 aliphatic heterocycles. The van der Waals surface area contributed by atoms with E-state index in [1.165, 1.54) is 11.1 Å². The smallest absolute Gasteiger partial charge is 0.208 e. The van der Waals surface area contributed by atoms with E-state index in [4.69, 9.17) is 14.7 Å². The fourth-order valence-corrected chi connectivity index (χ4v) is 6.53. The first kappa shape index (κ1) is 23.4. The highest BCUT2D eigenvalue weighted by Gasteiger charge is 2.24. The number of sulfonamides is 1. The van der Waals surface area contributed by atoms with Gasteiger partial charge in [-0.3, -0.25) is 4.90 Å². The molecule has 0 saturated carbocycles. The second kappa shape index (κ2) is 9.74. The van der Waals surface area contributed by atoms with Gasteiger partial charge in [-0.2, -0.15) is 0 Å². The number of hydrogen-bond donors (Lipinski definition) is 2. The van der Waals surface area contributed by atoms with Crippen molar-refractivity contribution in [2.75, 3.05) is 50.5 Å². The van der Waals surface area contributed by atoms with Crippen molar-refractivity contribution >= 4 is 37.4 Å². The lowest BCUT2D eigenvalue weighted by atomic mass is 10.1. The lowest BCUT2D eigenvalue weighted by Gasteiger charge is -2.31. The Labute approximate surface area is 203 Å². The van der Waals surface area contributed by atoms with E-state index in [-0.39, 0.29) is 11.8 Å². The van der Waals surface area contributed by atoms with Crippen molar-refractivity contribution in [3.05, 3.63) is 35.2 Å². The molecule has 0 unspecified atom stereocenters. The highest BCUT2D eigenvalue weighted by Crippen LogP contribution is 2.35. The molecule has 0 atom stereocenters. The highest BCUT2D eigenvalue weighted by atomic mass is 32.2. The van der Waals surface area contributed by atoms with Gasteiger partial charge in [0.25, 0.3) is 0 Å². The number of phenols is 1. The first-order valence-corrected chi connectivity index (χ1v) is 14.2. The summed E-state index contributed by atoms with van der Waals surface area (Å²) in [4.78, 5) is 15.6. The van der Waals surface area contributed by atoms with Crippen LogP contribution in [0, 0.1) is 0 Å². The lowest BCUT2D eigenvalue weighted by Crippen LogP contribution is -2.43. The Hall–Kier alpha value is -2.31. The third kappa shape index (κ3) is 5.49. The maximum Gasteiger partial charge on any atom is 0.208 e. The van der Waals surface area contributed by atoms with Gasteiger partial charge in [0.05, 0.1) is 29.7 Å². The number of aromatic nitrogens is 2. The van der Waals surface area contributed by atoms with Crippen LogP contribution in [0.3, 0.4) is 0 Å². The Morgan fingerprint density at radius 1 is 1.15 bits per heavy atom. The van der Waals surface area contributed by atoms with Crippen LogP contribution in [0.4, 0.5) is 5.82 Å². The van der Waals surface area contributed by atoms with E-state index in [9.17, 15) is 13.5 Å². The molecule has 1 aromatic carbocycles. The zero-order chi connectivity index (χ0) is 23.7. The van der Waals surface area contributed by atoms with Crippen LogP contribution >= 0.6 is 11.3 Å². The van der Waals surface area contributed by atoms with Gasteiger partial charge in [-0.05, 0) is 31.0 Å². The van der Waals surface area contributed by atoms with Gasteiger partial charge in [0.2, 0.25) is 10.0 Å². The van der Waals surface area contributed by atoms with Crippen LogP contribution in [-0.2, 0) is 21.3 Å². The number of ether oxygens (including phenoxy) is 1. The average Bonchev–Trinajstić information content (AvgIpc) is 3.22. The van der Waals surface area contributed by atoms with Gasteiger partial charge >= 0.3 is 0 Å². The van der Waals surface area contributed by atoms with Crippen LogP contribution in [-0.4, -0.2) is 80.1 Å². The molecule has 2 aromatic heterocycles. The van der Waals surface area contributed by atoms with Crippen molar-refractivity contribution in [2.45, 2.75) is 25.4 Å². The molecule has 3 aromatic rings. The molecule has 2 N–H and O–H groups in total. The number of benzene rings is 1. The summed E-state index contributed by atoms with van der Waals surface area (Å²) < 4.78 is 32.4. The molecule has 0 aliphatic carbocycles. The summed E-state index contributed by atoms with van der Waals surface area (Å²) in [6.07, 6.45) is 2.83. The summed E-state index contributed by atoms with van der Waals surface area (Å²) in [5.74, 6) is 1.70. The van der Waals surface area contributed by atoms with Crippen molar-refractivity contribution in [1.29, 1.82) is 0 Å². The highest BCUT2D eigenvalue weighted by molar-refractivity contribution is 7.88. The minimum atomic E-state index is -3.17. The number of nitrogens with one attached hydrogen (secondary N) is 1. The summed E-state index contributed by atoms with van der Waals surface area (Å²) in [6, 6.07) is 9.19. The number of hydrogen-bond acceptors (Lipinski definition) is 9. The standard InChI is InChI=1S/C23H29N5O4S2/c1-34(30,31)26-17-5-7-27(8-6-17)15-19-14-20-21(33-19)23(28-9-11-32-12-10-28)25-22(24-20)16-3-2-4-18(29)13-16/h2-4,13-14,17,26,29H,5-12,15H2,1H3. The number of anilines is 1. The summed E-state index contributed by atoms with van der Waals surface area (Å²) in [6.45, 7) is 5.38. The minimum Gasteiger partial charge on any atom is -0.508 e. The quantitative estimate of drug-likeness (QED) is 0.528. The van der Waals surface area contributed by atoms with Gasteiger partial charge in [0.15, 0.2) is 11.6 Å².